The normalized spacial score (nSPS) is 13.2. The van der Waals surface area contributed by atoms with Crippen LogP contribution in [-0.2, 0) is 4.79 Å². The Balaban J connectivity index is 1.33. The highest BCUT2D eigenvalue weighted by molar-refractivity contribution is 5.95. The smallest absolute Gasteiger partial charge is 0.243 e. The van der Waals surface area contributed by atoms with Crippen molar-refractivity contribution in [1.82, 2.24) is 0 Å². The lowest BCUT2D eigenvalue weighted by molar-refractivity contribution is -0.114. The molecule has 1 saturated heterocycles. The quantitative estimate of drug-likeness (QED) is 0.590. The van der Waals surface area contributed by atoms with Gasteiger partial charge in [-0.2, -0.15) is 0 Å². The third-order valence-electron chi connectivity index (χ3n) is 4.92. The summed E-state index contributed by atoms with van der Waals surface area (Å²) in [5, 5.41) is 6.10. The molecule has 5 heteroatoms. The van der Waals surface area contributed by atoms with E-state index in [2.05, 4.69) is 27.7 Å². The number of hydrogen-bond donors (Lipinski definition) is 2. The van der Waals surface area contributed by atoms with Gasteiger partial charge in [-0.05, 0) is 61.4 Å². The van der Waals surface area contributed by atoms with E-state index in [9.17, 15) is 4.79 Å². The molecule has 4 rings (SSSR count). The first kappa shape index (κ1) is 18.9. The second kappa shape index (κ2) is 9.15. The first-order valence-corrected chi connectivity index (χ1v) is 9.98. The van der Waals surface area contributed by atoms with Crippen molar-refractivity contribution < 1.29 is 9.53 Å². The molecule has 0 atom stereocenters. The molecule has 5 nitrogen and oxygen atoms in total. The molecule has 0 saturated carbocycles. The van der Waals surface area contributed by atoms with Crippen molar-refractivity contribution in [3.63, 3.8) is 0 Å². The average molecular weight is 387 g/mol. The Hall–Kier alpha value is -3.47. The maximum Gasteiger partial charge on any atom is 0.243 e. The van der Waals surface area contributed by atoms with Crippen LogP contribution in [0.25, 0.3) is 0 Å². The van der Waals surface area contributed by atoms with Gasteiger partial charge in [0.2, 0.25) is 5.91 Å². The molecular weight excluding hydrogens is 362 g/mol. The Morgan fingerprint density at radius 2 is 1.55 bits per heavy atom. The minimum Gasteiger partial charge on any atom is -0.455 e. The van der Waals surface area contributed by atoms with Gasteiger partial charge >= 0.3 is 0 Å². The summed E-state index contributed by atoms with van der Waals surface area (Å²) in [4.78, 5) is 14.8. The SMILES string of the molecule is O=C(CNc1ccc(N2CCCC2)cc1)Nc1ccccc1Oc1ccccc1. The fourth-order valence-corrected chi connectivity index (χ4v) is 3.42. The molecule has 1 fully saturated rings. The zero-order chi connectivity index (χ0) is 19.9. The predicted molar refractivity (Wildman–Crippen MR) is 118 cm³/mol. The minimum absolute atomic E-state index is 0.127. The molecule has 1 amide bonds. The van der Waals surface area contributed by atoms with Crippen LogP contribution in [0.2, 0.25) is 0 Å². The highest BCUT2D eigenvalue weighted by Crippen LogP contribution is 2.29. The van der Waals surface area contributed by atoms with Crippen LogP contribution in [-0.4, -0.2) is 25.5 Å². The summed E-state index contributed by atoms with van der Waals surface area (Å²) in [7, 11) is 0. The summed E-state index contributed by atoms with van der Waals surface area (Å²) in [6.07, 6.45) is 2.52. The molecule has 1 aliphatic rings. The molecule has 1 heterocycles. The number of benzene rings is 3. The number of hydrogen-bond acceptors (Lipinski definition) is 4. The van der Waals surface area contributed by atoms with E-state index >= 15 is 0 Å². The van der Waals surface area contributed by atoms with Gasteiger partial charge in [-0.25, -0.2) is 0 Å². The van der Waals surface area contributed by atoms with Gasteiger partial charge in [-0.1, -0.05) is 30.3 Å². The van der Waals surface area contributed by atoms with E-state index in [1.807, 2.05) is 66.7 Å². The number of nitrogens with one attached hydrogen (secondary N) is 2. The van der Waals surface area contributed by atoms with Crippen LogP contribution >= 0.6 is 0 Å². The second-order valence-electron chi connectivity index (χ2n) is 7.05. The second-order valence-corrected chi connectivity index (χ2v) is 7.05. The van der Waals surface area contributed by atoms with Crippen molar-refractivity contribution in [2.45, 2.75) is 12.8 Å². The molecule has 0 radical (unpaired) electrons. The monoisotopic (exact) mass is 387 g/mol. The topological polar surface area (TPSA) is 53.6 Å². The molecule has 3 aromatic rings. The largest absolute Gasteiger partial charge is 0.455 e. The highest BCUT2D eigenvalue weighted by atomic mass is 16.5. The molecule has 1 aliphatic heterocycles. The van der Waals surface area contributed by atoms with Crippen LogP contribution < -0.4 is 20.3 Å². The number of amides is 1. The van der Waals surface area contributed by atoms with Crippen LogP contribution in [0.15, 0.2) is 78.9 Å². The lowest BCUT2D eigenvalue weighted by atomic mass is 10.2. The van der Waals surface area contributed by atoms with Gasteiger partial charge in [-0.3, -0.25) is 4.79 Å². The summed E-state index contributed by atoms with van der Waals surface area (Å²) in [6, 6.07) is 25.2. The van der Waals surface area contributed by atoms with E-state index in [0.717, 1.165) is 24.5 Å². The van der Waals surface area contributed by atoms with Gasteiger partial charge < -0.3 is 20.3 Å². The van der Waals surface area contributed by atoms with Crippen LogP contribution in [0, 0.1) is 0 Å². The molecule has 0 bridgehead atoms. The van der Waals surface area contributed by atoms with E-state index in [-0.39, 0.29) is 12.5 Å². The van der Waals surface area contributed by atoms with E-state index in [1.165, 1.54) is 18.5 Å². The van der Waals surface area contributed by atoms with Crippen molar-refractivity contribution >= 4 is 23.0 Å². The lowest BCUT2D eigenvalue weighted by Gasteiger charge is -2.18. The first-order valence-electron chi connectivity index (χ1n) is 9.98. The third-order valence-corrected chi connectivity index (χ3v) is 4.92. The van der Waals surface area contributed by atoms with Crippen molar-refractivity contribution in [2.75, 3.05) is 35.2 Å². The Bertz CT molecular complexity index is 936. The number of carbonyl (C=O) groups is 1. The van der Waals surface area contributed by atoms with E-state index in [4.69, 9.17) is 4.74 Å². The maximum atomic E-state index is 12.4. The Morgan fingerprint density at radius 3 is 2.31 bits per heavy atom. The van der Waals surface area contributed by atoms with E-state index in [1.54, 1.807) is 0 Å². The number of ether oxygens (including phenoxy) is 1. The Labute approximate surface area is 171 Å². The summed E-state index contributed by atoms with van der Waals surface area (Å²) >= 11 is 0. The summed E-state index contributed by atoms with van der Waals surface area (Å²) in [5.41, 5.74) is 2.81. The van der Waals surface area contributed by atoms with Gasteiger partial charge in [0.1, 0.15) is 5.75 Å². The zero-order valence-corrected chi connectivity index (χ0v) is 16.3. The molecule has 0 spiro atoms. The number of anilines is 3. The van der Waals surface area contributed by atoms with Crippen molar-refractivity contribution in [3.05, 3.63) is 78.9 Å². The molecule has 2 N–H and O–H groups in total. The molecule has 3 aromatic carbocycles. The number of para-hydroxylation sites is 3. The van der Waals surface area contributed by atoms with Gasteiger partial charge in [0.15, 0.2) is 5.75 Å². The van der Waals surface area contributed by atoms with E-state index in [0.29, 0.717) is 11.4 Å². The van der Waals surface area contributed by atoms with Crippen molar-refractivity contribution in [1.29, 1.82) is 0 Å². The van der Waals surface area contributed by atoms with Crippen LogP contribution in [0.1, 0.15) is 12.8 Å². The number of nitrogens with zero attached hydrogens (tertiary/aromatic N) is 1. The number of rotatable bonds is 7. The van der Waals surface area contributed by atoms with Gasteiger partial charge in [-0.15, -0.1) is 0 Å². The van der Waals surface area contributed by atoms with E-state index < -0.39 is 0 Å². The molecule has 29 heavy (non-hydrogen) atoms. The fraction of sp³-hybridized carbons (Fsp3) is 0.208. The Morgan fingerprint density at radius 1 is 0.862 bits per heavy atom. The number of carbonyl (C=O) groups excluding carboxylic acids is 1. The van der Waals surface area contributed by atoms with Crippen LogP contribution in [0.3, 0.4) is 0 Å². The maximum absolute atomic E-state index is 12.4. The Kier molecular flexibility index (Phi) is 5.95. The zero-order valence-electron chi connectivity index (χ0n) is 16.3. The van der Waals surface area contributed by atoms with Crippen LogP contribution in [0.4, 0.5) is 17.1 Å². The van der Waals surface area contributed by atoms with Crippen molar-refractivity contribution in [2.24, 2.45) is 0 Å². The predicted octanol–water partition coefficient (Wildman–Crippen LogP) is 5.13. The minimum atomic E-state index is -0.127. The van der Waals surface area contributed by atoms with Gasteiger partial charge in [0.25, 0.3) is 0 Å². The standard InChI is InChI=1S/C24H25N3O2/c28-24(18-25-19-12-14-20(15-13-19)27-16-6-7-17-27)26-22-10-4-5-11-23(22)29-21-8-2-1-3-9-21/h1-5,8-15,25H,6-7,16-18H2,(H,26,28). The molecule has 148 valence electrons. The molecule has 0 unspecified atom stereocenters. The van der Waals surface area contributed by atoms with Crippen molar-refractivity contribution in [3.8, 4) is 11.5 Å². The average Bonchev–Trinajstić information content (AvgIpc) is 3.30. The first-order chi connectivity index (χ1) is 14.3. The fourth-order valence-electron chi connectivity index (χ4n) is 3.42. The lowest BCUT2D eigenvalue weighted by Crippen LogP contribution is -2.22. The highest BCUT2D eigenvalue weighted by Gasteiger charge is 2.12. The third kappa shape index (κ3) is 5.08. The van der Waals surface area contributed by atoms with Gasteiger partial charge in [0.05, 0.1) is 12.2 Å². The molecule has 0 aromatic heterocycles. The molecule has 0 aliphatic carbocycles. The summed E-state index contributed by atoms with van der Waals surface area (Å²) in [5.74, 6) is 1.21. The van der Waals surface area contributed by atoms with Crippen LogP contribution in [0.5, 0.6) is 11.5 Å². The molecular formula is C24H25N3O2. The summed E-state index contributed by atoms with van der Waals surface area (Å²) < 4.78 is 5.90. The van der Waals surface area contributed by atoms with Gasteiger partial charge in [0, 0.05) is 24.5 Å². The summed E-state index contributed by atoms with van der Waals surface area (Å²) in [6.45, 7) is 2.43.